The first kappa shape index (κ1) is 13.0. The summed E-state index contributed by atoms with van der Waals surface area (Å²) in [5, 5.41) is 0. The molecule has 0 bridgehead atoms. The Morgan fingerprint density at radius 2 is 1.81 bits per heavy atom. The molecule has 1 unspecified atom stereocenters. The van der Waals surface area contributed by atoms with Crippen molar-refractivity contribution >= 4 is 0 Å². The highest BCUT2D eigenvalue weighted by molar-refractivity contribution is 5.26. The van der Waals surface area contributed by atoms with Crippen LogP contribution in [-0.4, -0.2) is 12.2 Å². The average molecular weight is 235 g/mol. The Hall–Kier alpha value is -1.10. The van der Waals surface area contributed by atoms with Gasteiger partial charge in [0.15, 0.2) is 0 Å². The first-order valence-corrected chi connectivity index (χ1v) is 4.80. The van der Waals surface area contributed by atoms with E-state index in [0.717, 1.165) is 12.1 Å². The molecule has 5 heteroatoms. The van der Waals surface area contributed by atoms with Gasteiger partial charge >= 0.3 is 6.18 Å². The normalized spacial score (nSPS) is 15.9. The molecule has 0 amide bonds. The molecule has 0 aliphatic rings. The number of rotatable bonds is 3. The van der Waals surface area contributed by atoms with Crippen LogP contribution in [0.2, 0.25) is 0 Å². The van der Waals surface area contributed by atoms with Gasteiger partial charge in [0.25, 0.3) is 0 Å². The van der Waals surface area contributed by atoms with E-state index in [4.69, 9.17) is 5.73 Å². The molecule has 0 heterocycles. The van der Waals surface area contributed by atoms with Gasteiger partial charge in [-0.3, -0.25) is 0 Å². The van der Waals surface area contributed by atoms with E-state index in [9.17, 15) is 17.6 Å². The zero-order valence-electron chi connectivity index (χ0n) is 8.81. The molecule has 1 rings (SSSR count). The number of nitrogens with two attached hydrogens (primary N) is 1. The quantitative estimate of drug-likeness (QED) is 0.801. The van der Waals surface area contributed by atoms with Crippen LogP contribution in [0.25, 0.3) is 0 Å². The molecule has 0 aliphatic carbocycles. The number of halogens is 4. The molecule has 0 spiro atoms. The summed E-state index contributed by atoms with van der Waals surface area (Å²) in [5.74, 6) is 0. The summed E-state index contributed by atoms with van der Waals surface area (Å²) in [6.07, 6.45) is -4.52. The third-order valence-corrected chi connectivity index (χ3v) is 2.25. The molecule has 1 aromatic carbocycles. The monoisotopic (exact) mass is 235 g/mol. The number of benzene rings is 1. The van der Waals surface area contributed by atoms with E-state index >= 15 is 0 Å². The standard InChI is InChI=1S/C11H13F4N/c1-10(12,7-16)6-8-3-2-4-9(5-8)11(13,14)15/h2-5H,6-7,16H2,1H3. The first-order valence-electron chi connectivity index (χ1n) is 4.80. The Morgan fingerprint density at radius 3 is 2.31 bits per heavy atom. The largest absolute Gasteiger partial charge is 0.416 e. The molecule has 0 aliphatic heterocycles. The maximum atomic E-state index is 13.5. The Labute approximate surface area is 91.3 Å². The average Bonchev–Trinajstić information content (AvgIpc) is 2.16. The minimum Gasteiger partial charge on any atom is -0.328 e. The smallest absolute Gasteiger partial charge is 0.328 e. The molecule has 1 aromatic rings. The minimum absolute atomic E-state index is 0.118. The Morgan fingerprint density at radius 1 is 1.19 bits per heavy atom. The van der Waals surface area contributed by atoms with Crippen molar-refractivity contribution in [2.24, 2.45) is 5.73 Å². The lowest BCUT2D eigenvalue weighted by Gasteiger charge is -2.18. The summed E-state index contributed by atoms with van der Waals surface area (Å²) >= 11 is 0. The Bertz CT molecular complexity index is 357. The summed E-state index contributed by atoms with van der Waals surface area (Å²) in [7, 11) is 0. The lowest BCUT2D eigenvalue weighted by molar-refractivity contribution is -0.137. The highest BCUT2D eigenvalue weighted by atomic mass is 19.4. The van der Waals surface area contributed by atoms with E-state index in [1.54, 1.807) is 0 Å². The van der Waals surface area contributed by atoms with Gasteiger partial charge in [0.05, 0.1) is 5.56 Å². The summed E-state index contributed by atoms with van der Waals surface area (Å²) in [6.45, 7) is 1.05. The molecule has 1 atom stereocenters. The van der Waals surface area contributed by atoms with E-state index in [1.165, 1.54) is 19.1 Å². The van der Waals surface area contributed by atoms with Crippen molar-refractivity contribution < 1.29 is 17.6 Å². The molecule has 1 nitrogen and oxygen atoms in total. The van der Waals surface area contributed by atoms with Gasteiger partial charge in [-0.2, -0.15) is 13.2 Å². The van der Waals surface area contributed by atoms with E-state index < -0.39 is 17.4 Å². The maximum Gasteiger partial charge on any atom is 0.416 e. The van der Waals surface area contributed by atoms with Crippen LogP contribution in [0, 0.1) is 0 Å². The Kier molecular flexibility index (Phi) is 3.57. The van der Waals surface area contributed by atoms with Crippen LogP contribution in [0.1, 0.15) is 18.1 Å². The van der Waals surface area contributed by atoms with Crippen LogP contribution in [0.5, 0.6) is 0 Å². The van der Waals surface area contributed by atoms with Crippen LogP contribution in [-0.2, 0) is 12.6 Å². The zero-order chi connectivity index (χ0) is 12.4. The SMILES string of the molecule is CC(F)(CN)Cc1cccc(C(F)(F)F)c1. The molecule has 0 radical (unpaired) electrons. The second-order valence-corrected chi connectivity index (χ2v) is 3.99. The topological polar surface area (TPSA) is 26.0 Å². The second-order valence-electron chi connectivity index (χ2n) is 3.99. The van der Waals surface area contributed by atoms with Crippen molar-refractivity contribution in [1.29, 1.82) is 0 Å². The fourth-order valence-electron chi connectivity index (χ4n) is 1.36. The van der Waals surface area contributed by atoms with Gasteiger partial charge in [-0.15, -0.1) is 0 Å². The Balaban J connectivity index is 2.92. The molecule has 0 fully saturated rings. The number of hydrogen-bond donors (Lipinski definition) is 1. The molecule has 2 N–H and O–H groups in total. The zero-order valence-corrected chi connectivity index (χ0v) is 8.81. The molecular formula is C11H13F4N. The van der Waals surface area contributed by atoms with Gasteiger partial charge in [-0.05, 0) is 18.6 Å². The number of alkyl halides is 4. The van der Waals surface area contributed by atoms with Crippen molar-refractivity contribution in [3.05, 3.63) is 35.4 Å². The van der Waals surface area contributed by atoms with E-state index in [-0.39, 0.29) is 13.0 Å². The molecule has 90 valence electrons. The lowest BCUT2D eigenvalue weighted by Crippen LogP contribution is -2.31. The molecule has 0 aromatic heterocycles. The van der Waals surface area contributed by atoms with Gasteiger partial charge in [-0.25, -0.2) is 4.39 Å². The van der Waals surface area contributed by atoms with Crippen molar-refractivity contribution in [3.8, 4) is 0 Å². The molecular weight excluding hydrogens is 222 g/mol. The first-order chi connectivity index (χ1) is 7.24. The maximum absolute atomic E-state index is 13.5. The van der Waals surface area contributed by atoms with Gasteiger partial charge in [0.2, 0.25) is 0 Å². The summed E-state index contributed by atoms with van der Waals surface area (Å²) in [5.41, 5.74) is 3.04. The van der Waals surface area contributed by atoms with E-state index in [0.29, 0.717) is 5.56 Å². The van der Waals surface area contributed by atoms with Crippen LogP contribution in [0.15, 0.2) is 24.3 Å². The van der Waals surface area contributed by atoms with Crippen LogP contribution < -0.4 is 5.73 Å². The van der Waals surface area contributed by atoms with E-state index in [1.807, 2.05) is 0 Å². The van der Waals surface area contributed by atoms with Crippen LogP contribution >= 0.6 is 0 Å². The summed E-state index contributed by atoms with van der Waals surface area (Å²) < 4.78 is 50.6. The van der Waals surface area contributed by atoms with E-state index in [2.05, 4.69) is 0 Å². The van der Waals surface area contributed by atoms with Gasteiger partial charge < -0.3 is 5.73 Å². The molecule has 16 heavy (non-hydrogen) atoms. The van der Waals surface area contributed by atoms with Crippen LogP contribution in [0.3, 0.4) is 0 Å². The summed E-state index contributed by atoms with van der Waals surface area (Å²) in [4.78, 5) is 0. The van der Waals surface area contributed by atoms with Gasteiger partial charge in [0.1, 0.15) is 5.67 Å². The van der Waals surface area contributed by atoms with Gasteiger partial charge in [0, 0.05) is 13.0 Å². The third kappa shape index (κ3) is 3.48. The minimum atomic E-state index is -4.40. The second kappa shape index (κ2) is 4.41. The molecule has 0 saturated heterocycles. The van der Waals surface area contributed by atoms with Crippen LogP contribution in [0.4, 0.5) is 17.6 Å². The predicted octanol–water partition coefficient (Wildman–Crippen LogP) is 2.93. The van der Waals surface area contributed by atoms with Crippen molar-refractivity contribution in [3.63, 3.8) is 0 Å². The van der Waals surface area contributed by atoms with Gasteiger partial charge in [-0.1, -0.05) is 18.2 Å². The molecule has 0 saturated carbocycles. The third-order valence-electron chi connectivity index (χ3n) is 2.25. The predicted molar refractivity (Wildman–Crippen MR) is 53.7 cm³/mol. The highest BCUT2D eigenvalue weighted by Crippen LogP contribution is 2.30. The van der Waals surface area contributed by atoms with Crippen molar-refractivity contribution in [2.75, 3.05) is 6.54 Å². The fourth-order valence-corrected chi connectivity index (χ4v) is 1.36. The fraction of sp³-hybridized carbons (Fsp3) is 0.455. The van der Waals surface area contributed by atoms with Crippen molar-refractivity contribution in [1.82, 2.24) is 0 Å². The highest BCUT2D eigenvalue weighted by Gasteiger charge is 2.31. The number of hydrogen-bond acceptors (Lipinski definition) is 1. The lowest BCUT2D eigenvalue weighted by atomic mass is 9.97. The summed E-state index contributed by atoms with van der Waals surface area (Å²) in [6, 6.07) is 4.64. The van der Waals surface area contributed by atoms with Crippen molar-refractivity contribution in [2.45, 2.75) is 25.2 Å².